The van der Waals surface area contributed by atoms with E-state index in [2.05, 4.69) is 15.0 Å². The number of allylic oxidation sites excluding steroid dienone is 1. The van der Waals surface area contributed by atoms with Crippen LogP contribution in [0.1, 0.15) is 31.7 Å². The van der Waals surface area contributed by atoms with Crippen molar-refractivity contribution >= 4 is 28.0 Å². The largest absolute Gasteiger partial charge is 0.366 e. The Kier molecular flexibility index (Phi) is 3.48. The van der Waals surface area contributed by atoms with Crippen LogP contribution >= 0.6 is 0 Å². The molecule has 0 aliphatic heterocycles. The van der Waals surface area contributed by atoms with Crippen molar-refractivity contribution in [2.75, 3.05) is 0 Å². The highest BCUT2D eigenvalue weighted by Crippen LogP contribution is 2.35. The van der Waals surface area contributed by atoms with Crippen molar-refractivity contribution in [1.29, 1.82) is 0 Å². The van der Waals surface area contributed by atoms with E-state index in [9.17, 15) is 9.59 Å². The Labute approximate surface area is 137 Å². The molecule has 4 rings (SSSR count). The molecule has 0 radical (unpaired) electrons. The van der Waals surface area contributed by atoms with Gasteiger partial charge in [-0.1, -0.05) is 12.5 Å². The number of aromatic nitrogens is 4. The lowest BCUT2D eigenvalue weighted by molar-refractivity contribution is -0.113. The summed E-state index contributed by atoms with van der Waals surface area (Å²) in [6.07, 6.45) is 10.6. The van der Waals surface area contributed by atoms with Gasteiger partial charge in [0, 0.05) is 17.6 Å². The van der Waals surface area contributed by atoms with Crippen LogP contribution in [0.2, 0.25) is 0 Å². The average Bonchev–Trinajstić information content (AvgIpc) is 3.16. The van der Waals surface area contributed by atoms with Gasteiger partial charge >= 0.3 is 5.69 Å². The summed E-state index contributed by atoms with van der Waals surface area (Å²) in [7, 11) is 0. The number of hydrogen-bond donors (Lipinski definition) is 3. The Balaban J connectivity index is 1.78. The third kappa shape index (κ3) is 2.42. The van der Waals surface area contributed by atoms with Gasteiger partial charge in [0.1, 0.15) is 5.65 Å². The predicted octanol–water partition coefficient (Wildman–Crippen LogP) is 1.98. The molecule has 3 aromatic heterocycles. The zero-order valence-electron chi connectivity index (χ0n) is 13.2. The second-order valence-electron chi connectivity index (χ2n) is 6.40. The monoisotopic (exact) mass is 325 g/mol. The summed E-state index contributed by atoms with van der Waals surface area (Å²) in [6.45, 7) is 0. The molecule has 2 atom stereocenters. The van der Waals surface area contributed by atoms with Crippen molar-refractivity contribution in [3.8, 4) is 0 Å². The maximum absolute atomic E-state index is 12.6. The van der Waals surface area contributed by atoms with E-state index < -0.39 is 5.91 Å². The van der Waals surface area contributed by atoms with E-state index in [0.717, 1.165) is 47.8 Å². The van der Waals surface area contributed by atoms with E-state index in [1.54, 1.807) is 6.20 Å². The fourth-order valence-corrected chi connectivity index (χ4v) is 3.81. The summed E-state index contributed by atoms with van der Waals surface area (Å²) in [5.41, 5.74) is 7.51. The van der Waals surface area contributed by atoms with E-state index in [0.29, 0.717) is 0 Å². The van der Waals surface area contributed by atoms with Gasteiger partial charge in [-0.05, 0) is 37.3 Å². The number of nitrogens with one attached hydrogen (secondary N) is 2. The maximum atomic E-state index is 12.6. The van der Waals surface area contributed by atoms with Crippen LogP contribution in [0.15, 0.2) is 35.4 Å². The number of aromatic amines is 2. The predicted molar refractivity (Wildman–Crippen MR) is 91.5 cm³/mol. The van der Waals surface area contributed by atoms with Crippen LogP contribution in [-0.2, 0) is 4.79 Å². The summed E-state index contributed by atoms with van der Waals surface area (Å²) in [4.78, 5) is 33.8. The third-order valence-electron chi connectivity index (χ3n) is 4.84. The lowest BCUT2D eigenvalue weighted by Gasteiger charge is -2.28. The van der Waals surface area contributed by atoms with Crippen molar-refractivity contribution < 1.29 is 4.79 Å². The summed E-state index contributed by atoms with van der Waals surface area (Å²) in [5.74, 6) is -0.168. The first-order valence-corrected chi connectivity index (χ1v) is 8.17. The van der Waals surface area contributed by atoms with Gasteiger partial charge in [-0.15, -0.1) is 0 Å². The molecule has 24 heavy (non-hydrogen) atoms. The van der Waals surface area contributed by atoms with Gasteiger partial charge in [0.25, 0.3) is 0 Å². The van der Waals surface area contributed by atoms with Crippen LogP contribution in [0, 0.1) is 5.92 Å². The fourth-order valence-electron chi connectivity index (χ4n) is 3.81. The number of nitrogens with two attached hydrogens (primary N) is 1. The molecule has 1 aliphatic rings. The molecule has 3 heterocycles. The number of carbonyl (C=O) groups is 1. The number of rotatable bonds is 3. The molecule has 1 amide bonds. The smallest absolute Gasteiger partial charge is 0.326 e. The van der Waals surface area contributed by atoms with Gasteiger partial charge in [0.2, 0.25) is 5.91 Å². The zero-order valence-corrected chi connectivity index (χ0v) is 13.2. The topological polar surface area (TPSA) is 110 Å². The Morgan fingerprint density at radius 1 is 1.42 bits per heavy atom. The van der Waals surface area contributed by atoms with Gasteiger partial charge < -0.3 is 15.7 Å². The first kappa shape index (κ1) is 14.7. The molecule has 0 aromatic carbocycles. The summed E-state index contributed by atoms with van der Waals surface area (Å²) in [6, 6.07) is 2.05. The van der Waals surface area contributed by atoms with E-state index in [4.69, 9.17) is 5.73 Å². The number of hydrogen-bond acceptors (Lipinski definition) is 3. The Morgan fingerprint density at radius 3 is 3.12 bits per heavy atom. The van der Waals surface area contributed by atoms with Crippen molar-refractivity contribution in [2.24, 2.45) is 11.7 Å². The van der Waals surface area contributed by atoms with E-state index in [-0.39, 0.29) is 17.6 Å². The highest BCUT2D eigenvalue weighted by Gasteiger charge is 2.25. The second kappa shape index (κ2) is 5.67. The molecule has 124 valence electrons. The first-order valence-electron chi connectivity index (χ1n) is 8.17. The lowest BCUT2D eigenvalue weighted by atomic mass is 9.85. The number of nitrogens with zero attached hydrogens (tertiary/aromatic N) is 2. The van der Waals surface area contributed by atoms with Crippen LogP contribution < -0.4 is 11.4 Å². The van der Waals surface area contributed by atoms with Crippen molar-refractivity contribution in [3.05, 3.63) is 41.1 Å². The number of fused-ring (bicyclic) bond motifs is 3. The molecule has 3 aromatic rings. The average molecular weight is 325 g/mol. The van der Waals surface area contributed by atoms with Crippen LogP contribution in [0.4, 0.5) is 0 Å². The van der Waals surface area contributed by atoms with Gasteiger partial charge in [-0.25, -0.2) is 9.78 Å². The molecule has 7 heteroatoms. The Morgan fingerprint density at radius 2 is 2.29 bits per heavy atom. The van der Waals surface area contributed by atoms with Gasteiger partial charge in [0.15, 0.2) is 0 Å². The molecule has 7 nitrogen and oxygen atoms in total. The molecule has 0 unspecified atom stereocenters. The quantitative estimate of drug-likeness (QED) is 0.640. The van der Waals surface area contributed by atoms with Crippen LogP contribution in [-0.4, -0.2) is 25.4 Å². The van der Waals surface area contributed by atoms with E-state index in [1.165, 1.54) is 6.08 Å². The Bertz CT molecular complexity index is 993. The van der Waals surface area contributed by atoms with Crippen molar-refractivity contribution in [2.45, 2.75) is 31.7 Å². The van der Waals surface area contributed by atoms with Gasteiger partial charge in [-0.3, -0.25) is 9.36 Å². The molecule has 1 fully saturated rings. The molecular formula is C17H19N5O2. The number of H-pyrrole nitrogens is 2. The van der Waals surface area contributed by atoms with Crippen molar-refractivity contribution in [1.82, 2.24) is 19.5 Å². The minimum absolute atomic E-state index is 0.100. The summed E-state index contributed by atoms with van der Waals surface area (Å²) >= 11 is 0. The summed E-state index contributed by atoms with van der Waals surface area (Å²) in [5, 5.41) is 0.945. The number of carbonyl (C=O) groups excluding carboxylic acids is 1. The van der Waals surface area contributed by atoms with Crippen molar-refractivity contribution in [3.63, 3.8) is 0 Å². The molecule has 1 aliphatic carbocycles. The van der Waals surface area contributed by atoms with Gasteiger partial charge in [-0.2, -0.15) is 0 Å². The summed E-state index contributed by atoms with van der Waals surface area (Å²) < 4.78 is 1.86. The molecule has 0 spiro atoms. The molecule has 0 saturated heterocycles. The maximum Gasteiger partial charge on any atom is 0.326 e. The second-order valence-corrected chi connectivity index (χ2v) is 6.40. The van der Waals surface area contributed by atoms with E-state index in [1.807, 2.05) is 22.9 Å². The molecule has 1 saturated carbocycles. The SMILES string of the molecule is NC(=O)/C=C/[C@@H]1CCC[C@@H](n2c(=O)[nH]c3cnc4[nH]ccc4c32)C1. The highest BCUT2D eigenvalue weighted by molar-refractivity contribution is 6.00. The molecule has 4 N–H and O–H groups in total. The van der Waals surface area contributed by atoms with E-state index >= 15 is 0 Å². The first-order chi connectivity index (χ1) is 11.6. The zero-order chi connectivity index (χ0) is 16.7. The van der Waals surface area contributed by atoms with Gasteiger partial charge in [0.05, 0.1) is 17.2 Å². The highest BCUT2D eigenvalue weighted by atomic mass is 16.1. The number of pyridine rings is 1. The number of primary amides is 1. The van der Waals surface area contributed by atoms with Crippen LogP contribution in [0.3, 0.4) is 0 Å². The number of imidazole rings is 1. The standard InChI is InChI=1S/C17H19N5O2/c18-14(23)5-4-10-2-1-3-11(8-10)22-15-12-6-7-19-16(12)20-9-13(15)21-17(22)24/h4-7,9-11H,1-3,8H2,(H2,18,23)(H,19,20)(H,21,24)/b5-4+/t10-,11+/m0/s1. The lowest BCUT2D eigenvalue weighted by Crippen LogP contribution is -2.26. The third-order valence-corrected chi connectivity index (χ3v) is 4.84. The van der Waals surface area contributed by atoms with Crippen LogP contribution in [0.5, 0.6) is 0 Å². The fraction of sp³-hybridized carbons (Fsp3) is 0.353. The Hall–Kier alpha value is -2.83. The van der Waals surface area contributed by atoms with Crippen LogP contribution in [0.25, 0.3) is 22.1 Å². The minimum atomic E-state index is -0.429. The molecular weight excluding hydrogens is 306 g/mol. The normalized spacial score (nSPS) is 21.8. The molecule has 0 bridgehead atoms. The minimum Gasteiger partial charge on any atom is -0.366 e. The number of amides is 1.